The lowest BCUT2D eigenvalue weighted by molar-refractivity contribution is 0.355. The van der Waals surface area contributed by atoms with Crippen molar-refractivity contribution >= 4 is 11.6 Å². The Bertz CT molecular complexity index is 922. The Morgan fingerprint density at radius 1 is 1.07 bits per heavy atom. The minimum Gasteiger partial charge on any atom is -0.493 e. The first-order valence-corrected chi connectivity index (χ1v) is 9.01. The second-order valence-electron chi connectivity index (χ2n) is 5.87. The van der Waals surface area contributed by atoms with E-state index in [0.29, 0.717) is 29.9 Å². The van der Waals surface area contributed by atoms with Crippen molar-refractivity contribution in [3.63, 3.8) is 0 Å². The van der Waals surface area contributed by atoms with Gasteiger partial charge in [0, 0.05) is 23.9 Å². The minimum absolute atomic E-state index is 0.315. The van der Waals surface area contributed by atoms with Crippen LogP contribution in [0.4, 0.5) is 5.69 Å². The van der Waals surface area contributed by atoms with Crippen molar-refractivity contribution in [2.45, 2.75) is 13.5 Å². The third-order valence-electron chi connectivity index (χ3n) is 3.97. The largest absolute Gasteiger partial charge is 0.493 e. The van der Waals surface area contributed by atoms with E-state index in [1.54, 1.807) is 20.4 Å². The van der Waals surface area contributed by atoms with Crippen molar-refractivity contribution in [3.8, 4) is 22.8 Å². The summed E-state index contributed by atoms with van der Waals surface area (Å²) in [7, 11) is 3.21. The van der Waals surface area contributed by atoms with E-state index in [-0.39, 0.29) is 0 Å². The van der Waals surface area contributed by atoms with E-state index in [2.05, 4.69) is 20.6 Å². The molecule has 7 nitrogen and oxygen atoms in total. The first-order valence-electron chi connectivity index (χ1n) is 9.01. The van der Waals surface area contributed by atoms with Gasteiger partial charge in [-0.2, -0.15) is 0 Å². The van der Waals surface area contributed by atoms with Crippen LogP contribution in [0, 0.1) is 0 Å². The average molecular weight is 380 g/mol. The van der Waals surface area contributed by atoms with Crippen LogP contribution in [0.2, 0.25) is 0 Å². The number of hydrogen-bond donors (Lipinski definition) is 2. The van der Waals surface area contributed by atoms with Gasteiger partial charge in [0.1, 0.15) is 6.54 Å². The molecule has 0 radical (unpaired) electrons. The summed E-state index contributed by atoms with van der Waals surface area (Å²) < 4.78 is 16.4. The van der Waals surface area contributed by atoms with Crippen molar-refractivity contribution in [2.24, 2.45) is 4.99 Å². The molecule has 1 heterocycles. The van der Waals surface area contributed by atoms with Crippen molar-refractivity contribution < 1.29 is 13.9 Å². The van der Waals surface area contributed by atoms with Crippen molar-refractivity contribution in [2.75, 3.05) is 26.1 Å². The van der Waals surface area contributed by atoms with Crippen LogP contribution in [0.25, 0.3) is 11.3 Å². The lowest BCUT2D eigenvalue weighted by Gasteiger charge is -2.13. The predicted molar refractivity (Wildman–Crippen MR) is 110 cm³/mol. The van der Waals surface area contributed by atoms with E-state index >= 15 is 0 Å². The SMILES string of the molecule is CCNC(=NCc1ncc(-c2ccccc2)o1)Nc1ccc(OC)c(OC)c1. The second kappa shape index (κ2) is 9.45. The van der Waals surface area contributed by atoms with Crippen molar-refractivity contribution in [1.82, 2.24) is 10.3 Å². The number of guanidine groups is 1. The number of nitrogens with one attached hydrogen (secondary N) is 2. The van der Waals surface area contributed by atoms with Gasteiger partial charge in [-0.15, -0.1) is 0 Å². The number of nitrogens with zero attached hydrogens (tertiary/aromatic N) is 2. The third kappa shape index (κ3) is 4.82. The Morgan fingerprint density at radius 2 is 1.86 bits per heavy atom. The zero-order valence-corrected chi connectivity index (χ0v) is 16.2. The Kier molecular flexibility index (Phi) is 6.51. The molecule has 28 heavy (non-hydrogen) atoms. The summed E-state index contributed by atoms with van der Waals surface area (Å²) in [5, 5.41) is 6.45. The fourth-order valence-corrected chi connectivity index (χ4v) is 2.62. The fraction of sp³-hybridized carbons (Fsp3) is 0.238. The highest BCUT2D eigenvalue weighted by Gasteiger charge is 2.08. The number of rotatable bonds is 7. The molecule has 0 saturated carbocycles. The molecule has 0 unspecified atom stereocenters. The van der Waals surface area contributed by atoms with Gasteiger partial charge in [0.2, 0.25) is 5.89 Å². The summed E-state index contributed by atoms with van der Waals surface area (Å²) in [5.41, 5.74) is 1.82. The Hall–Kier alpha value is -3.48. The standard InChI is InChI=1S/C21H24N4O3/c1-4-22-21(25-16-10-11-17(26-2)18(12-16)27-3)24-14-20-23-13-19(28-20)15-8-6-5-7-9-15/h5-13H,4,14H2,1-3H3,(H2,22,24,25). The summed E-state index contributed by atoms with van der Waals surface area (Å²) in [5.74, 6) is 3.20. The molecule has 7 heteroatoms. The van der Waals surface area contributed by atoms with E-state index in [1.165, 1.54) is 0 Å². The number of ether oxygens (including phenoxy) is 2. The van der Waals surface area contributed by atoms with Crippen LogP contribution in [-0.2, 0) is 6.54 Å². The first kappa shape index (κ1) is 19.3. The second-order valence-corrected chi connectivity index (χ2v) is 5.87. The summed E-state index contributed by atoms with van der Waals surface area (Å²) in [4.78, 5) is 8.87. The van der Waals surface area contributed by atoms with Gasteiger partial charge >= 0.3 is 0 Å². The van der Waals surface area contributed by atoms with E-state index < -0.39 is 0 Å². The molecule has 2 N–H and O–H groups in total. The zero-order valence-electron chi connectivity index (χ0n) is 16.2. The van der Waals surface area contributed by atoms with Crippen LogP contribution in [0.1, 0.15) is 12.8 Å². The molecule has 0 amide bonds. The number of aliphatic imine (C=N–C) groups is 1. The van der Waals surface area contributed by atoms with Gasteiger partial charge in [0.05, 0.1) is 20.4 Å². The van der Waals surface area contributed by atoms with Gasteiger partial charge in [-0.05, 0) is 19.1 Å². The van der Waals surface area contributed by atoms with Crippen LogP contribution in [0.3, 0.4) is 0 Å². The molecule has 0 fully saturated rings. The van der Waals surface area contributed by atoms with E-state index in [4.69, 9.17) is 13.9 Å². The van der Waals surface area contributed by atoms with Crippen LogP contribution in [0.5, 0.6) is 11.5 Å². The van der Waals surface area contributed by atoms with Gasteiger partial charge in [-0.25, -0.2) is 9.98 Å². The average Bonchev–Trinajstić information content (AvgIpc) is 3.22. The number of methoxy groups -OCH3 is 2. The van der Waals surface area contributed by atoms with Gasteiger partial charge in [-0.3, -0.25) is 0 Å². The summed E-state index contributed by atoms with van der Waals surface area (Å²) >= 11 is 0. The molecular weight excluding hydrogens is 356 g/mol. The van der Waals surface area contributed by atoms with E-state index in [9.17, 15) is 0 Å². The zero-order chi connectivity index (χ0) is 19.8. The topological polar surface area (TPSA) is 80.9 Å². The minimum atomic E-state index is 0.315. The Morgan fingerprint density at radius 3 is 2.57 bits per heavy atom. The molecule has 2 aromatic carbocycles. The molecule has 0 aliphatic heterocycles. The van der Waals surface area contributed by atoms with Gasteiger partial charge in [0.15, 0.2) is 23.2 Å². The predicted octanol–water partition coefficient (Wildman–Crippen LogP) is 3.94. The molecule has 0 spiro atoms. The maximum absolute atomic E-state index is 5.80. The number of benzene rings is 2. The van der Waals surface area contributed by atoms with E-state index in [1.807, 2.05) is 55.5 Å². The highest BCUT2D eigenvalue weighted by molar-refractivity contribution is 5.93. The molecule has 3 rings (SSSR count). The molecule has 0 atom stereocenters. The van der Waals surface area contributed by atoms with Crippen molar-refractivity contribution in [1.29, 1.82) is 0 Å². The quantitative estimate of drug-likeness (QED) is 0.477. The van der Waals surface area contributed by atoms with Gasteiger partial charge in [-0.1, -0.05) is 30.3 Å². The molecule has 0 bridgehead atoms. The number of aromatic nitrogens is 1. The van der Waals surface area contributed by atoms with Crippen LogP contribution in [-0.4, -0.2) is 31.7 Å². The highest BCUT2D eigenvalue weighted by atomic mass is 16.5. The van der Waals surface area contributed by atoms with Crippen LogP contribution in [0.15, 0.2) is 64.1 Å². The summed E-state index contributed by atoms with van der Waals surface area (Å²) in [6.45, 7) is 3.04. The maximum atomic E-state index is 5.80. The number of oxazole rings is 1. The number of hydrogen-bond acceptors (Lipinski definition) is 5. The lowest BCUT2D eigenvalue weighted by Crippen LogP contribution is -2.30. The van der Waals surface area contributed by atoms with Crippen LogP contribution < -0.4 is 20.1 Å². The molecule has 0 aliphatic rings. The molecule has 146 valence electrons. The first-order chi connectivity index (χ1) is 13.7. The smallest absolute Gasteiger partial charge is 0.216 e. The normalized spacial score (nSPS) is 11.2. The fourth-order valence-electron chi connectivity index (χ4n) is 2.62. The van der Waals surface area contributed by atoms with Crippen LogP contribution >= 0.6 is 0 Å². The monoisotopic (exact) mass is 380 g/mol. The van der Waals surface area contributed by atoms with Gasteiger partial charge in [0.25, 0.3) is 0 Å². The molecule has 3 aromatic rings. The molecule has 1 aromatic heterocycles. The summed E-state index contributed by atoms with van der Waals surface area (Å²) in [6.07, 6.45) is 1.72. The van der Waals surface area contributed by atoms with Crippen molar-refractivity contribution in [3.05, 3.63) is 60.6 Å². The molecular formula is C21H24N4O3. The third-order valence-corrected chi connectivity index (χ3v) is 3.97. The van der Waals surface area contributed by atoms with E-state index in [0.717, 1.165) is 23.6 Å². The Labute approximate surface area is 164 Å². The van der Waals surface area contributed by atoms with Gasteiger partial charge < -0.3 is 24.5 Å². The summed E-state index contributed by atoms with van der Waals surface area (Å²) in [6, 6.07) is 15.4. The number of anilines is 1. The lowest BCUT2D eigenvalue weighted by atomic mass is 10.2. The molecule has 0 aliphatic carbocycles. The highest BCUT2D eigenvalue weighted by Crippen LogP contribution is 2.29. The molecule has 0 saturated heterocycles. The maximum Gasteiger partial charge on any atom is 0.216 e. The Balaban J connectivity index is 1.72.